The van der Waals surface area contributed by atoms with E-state index in [2.05, 4.69) is 4.72 Å². The van der Waals surface area contributed by atoms with Gasteiger partial charge >= 0.3 is 0 Å². The third-order valence-corrected chi connectivity index (χ3v) is 5.53. The SMILES string of the molecule is Cc1cc(Cl)c(C)c(S(=O)(=O)NC(C)CCO)c1Cl. The Morgan fingerprint density at radius 2 is 1.95 bits per heavy atom. The van der Waals surface area contributed by atoms with E-state index in [1.54, 1.807) is 26.8 Å². The number of hydrogen-bond acceptors (Lipinski definition) is 3. The number of nitrogens with one attached hydrogen (secondary N) is 1. The Morgan fingerprint density at radius 1 is 1.37 bits per heavy atom. The molecular weight excluding hydrogens is 309 g/mol. The highest BCUT2D eigenvalue weighted by Gasteiger charge is 2.25. The standard InChI is InChI=1S/C12H17Cl2NO3S/c1-7-6-10(13)9(3)12(11(7)14)19(17,18)15-8(2)4-5-16/h6,8,15-16H,4-5H2,1-3H3. The van der Waals surface area contributed by atoms with Gasteiger partial charge in [-0.25, -0.2) is 13.1 Å². The van der Waals surface area contributed by atoms with Gasteiger partial charge in [0.25, 0.3) is 0 Å². The highest BCUT2D eigenvalue weighted by Crippen LogP contribution is 2.33. The minimum atomic E-state index is -3.77. The van der Waals surface area contributed by atoms with Crippen LogP contribution in [0, 0.1) is 13.8 Å². The molecule has 0 aliphatic heterocycles. The molecule has 7 heteroatoms. The lowest BCUT2D eigenvalue weighted by atomic mass is 10.2. The van der Waals surface area contributed by atoms with Crippen LogP contribution in [0.15, 0.2) is 11.0 Å². The first kappa shape index (κ1) is 16.7. The van der Waals surface area contributed by atoms with Crippen molar-refractivity contribution in [1.29, 1.82) is 0 Å². The molecule has 1 unspecified atom stereocenters. The number of hydrogen-bond donors (Lipinski definition) is 2. The molecule has 0 amide bonds. The van der Waals surface area contributed by atoms with E-state index in [1.807, 2.05) is 0 Å². The number of halogens is 2. The van der Waals surface area contributed by atoms with E-state index in [1.165, 1.54) is 0 Å². The van der Waals surface area contributed by atoms with Gasteiger partial charge in [-0.3, -0.25) is 0 Å². The van der Waals surface area contributed by atoms with E-state index >= 15 is 0 Å². The molecule has 0 heterocycles. The number of rotatable bonds is 5. The monoisotopic (exact) mass is 325 g/mol. The van der Waals surface area contributed by atoms with Gasteiger partial charge in [0.15, 0.2) is 0 Å². The van der Waals surface area contributed by atoms with E-state index in [0.29, 0.717) is 22.6 Å². The lowest BCUT2D eigenvalue weighted by molar-refractivity contribution is 0.275. The van der Waals surface area contributed by atoms with Crippen LogP contribution < -0.4 is 4.72 Å². The largest absolute Gasteiger partial charge is 0.396 e. The molecule has 2 N–H and O–H groups in total. The second-order valence-electron chi connectivity index (χ2n) is 4.48. The van der Waals surface area contributed by atoms with Gasteiger partial charge < -0.3 is 5.11 Å². The van der Waals surface area contributed by atoms with Gasteiger partial charge in [-0.05, 0) is 44.4 Å². The molecule has 0 saturated heterocycles. The summed E-state index contributed by atoms with van der Waals surface area (Å²) < 4.78 is 27.1. The Kier molecular flexibility index (Phi) is 5.65. The van der Waals surface area contributed by atoms with Gasteiger partial charge in [0.2, 0.25) is 10.0 Å². The number of aliphatic hydroxyl groups is 1. The van der Waals surface area contributed by atoms with Crippen molar-refractivity contribution in [3.63, 3.8) is 0 Å². The number of sulfonamides is 1. The number of aryl methyl sites for hydroxylation is 1. The van der Waals surface area contributed by atoms with Crippen molar-refractivity contribution in [3.8, 4) is 0 Å². The maximum atomic E-state index is 12.3. The highest BCUT2D eigenvalue weighted by molar-refractivity contribution is 7.89. The predicted molar refractivity (Wildman–Crippen MR) is 77.4 cm³/mol. The summed E-state index contributed by atoms with van der Waals surface area (Å²) in [6.45, 7) is 4.89. The summed E-state index contributed by atoms with van der Waals surface area (Å²) in [7, 11) is -3.77. The molecule has 1 rings (SSSR count). The first-order valence-electron chi connectivity index (χ1n) is 5.79. The molecule has 0 aliphatic carbocycles. The minimum Gasteiger partial charge on any atom is -0.396 e. The molecule has 0 aliphatic rings. The fraction of sp³-hybridized carbons (Fsp3) is 0.500. The third-order valence-electron chi connectivity index (χ3n) is 2.77. The van der Waals surface area contributed by atoms with Crippen molar-refractivity contribution in [3.05, 3.63) is 27.2 Å². The predicted octanol–water partition coefficient (Wildman–Crippen LogP) is 2.66. The molecule has 0 saturated carbocycles. The molecule has 0 radical (unpaired) electrons. The van der Waals surface area contributed by atoms with Crippen LogP contribution in [0.1, 0.15) is 24.5 Å². The summed E-state index contributed by atoms with van der Waals surface area (Å²) in [5.41, 5.74) is 1.02. The lowest BCUT2D eigenvalue weighted by Gasteiger charge is -2.17. The minimum absolute atomic E-state index is 0.00366. The zero-order chi connectivity index (χ0) is 14.8. The maximum absolute atomic E-state index is 12.3. The summed E-state index contributed by atoms with van der Waals surface area (Å²) in [5, 5.41) is 9.35. The van der Waals surface area contributed by atoms with Crippen molar-refractivity contribution in [2.24, 2.45) is 0 Å². The Labute approximate surface area is 123 Å². The molecule has 0 fully saturated rings. The summed E-state index contributed by atoms with van der Waals surface area (Å²) >= 11 is 12.1. The van der Waals surface area contributed by atoms with Crippen molar-refractivity contribution in [2.75, 3.05) is 6.61 Å². The number of aliphatic hydroxyl groups excluding tert-OH is 1. The van der Waals surface area contributed by atoms with E-state index < -0.39 is 10.0 Å². The maximum Gasteiger partial charge on any atom is 0.242 e. The van der Waals surface area contributed by atoms with E-state index in [4.69, 9.17) is 28.3 Å². The third kappa shape index (κ3) is 3.83. The fourth-order valence-corrected chi connectivity index (χ4v) is 4.20. The van der Waals surface area contributed by atoms with E-state index in [-0.39, 0.29) is 22.6 Å². The Morgan fingerprint density at radius 3 is 2.47 bits per heavy atom. The Bertz CT molecular complexity index is 547. The van der Waals surface area contributed by atoms with Crippen molar-refractivity contribution >= 4 is 33.2 Å². The van der Waals surface area contributed by atoms with Gasteiger partial charge in [-0.15, -0.1) is 0 Å². The van der Waals surface area contributed by atoms with Gasteiger partial charge in [-0.2, -0.15) is 0 Å². The van der Waals surface area contributed by atoms with Crippen LogP contribution in [0.3, 0.4) is 0 Å². The molecule has 1 aromatic rings. The van der Waals surface area contributed by atoms with Crippen LogP contribution in [0.5, 0.6) is 0 Å². The molecular formula is C12H17Cl2NO3S. The molecule has 0 aromatic heterocycles. The van der Waals surface area contributed by atoms with Crippen molar-refractivity contribution in [1.82, 2.24) is 4.72 Å². The average molecular weight is 326 g/mol. The van der Waals surface area contributed by atoms with Gasteiger partial charge in [0, 0.05) is 17.7 Å². The molecule has 4 nitrogen and oxygen atoms in total. The summed E-state index contributed by atoms with van der Waals surface area (Å²) in [6.07, 6.45) is 0.329. The molecule has 1 atom stereocenters. The first-order chi connectivity index (χ1) is 8.70. The van der Waals surface area contributed by atoms with Crippen LogP contribution in [0.25, 0.3) is 0 Å². The van der Waals surface area contributed by atoms with Crippen LogP contribution in [0.4, 0.5) is 0 Å². The zero-order valence-corrected chi connectivity index (χ0v) is 13.3. The fourth-order valence-electron chi connectivity index (χ4n) is 1.71. The number of benzene rings is 1. The average Bonchev–Trinajstić information content (AvgIpc) is 2.25. The smallest absolute Gasteiger partial charge is 0.242 e. The second-order valence-corrected chi connectivity index (χ2v) is 6.91. The second kappa shape index (κ2) is 6.41. The van der Waals surface area contributed by atoms with E-state index in [0.717, 1.165) is 0 Å². The first-order valence-corrected chi connectivity index (χ1v) is 8.03. The van der Waals surface area contributed by atoms with Gasteiger partial charge in [0.1, 0.15) is 4.90 Å². The topological polar surface area (TPSA) is 66.4 Å². The van der Waals surface area contributed by atoms with Crippen molar-refractivity contribution < 1.29 is 13.5 Å². The van der Waals surface area contributed by atoms with Gasteiger partial charge in [0.05, 0.1) is 5.02 Å². The summed E-state index contributed by atoms with van der Waals surface area (Å²) in [4.78, 5) is 0.00366. The molecule has 0 bridgehead atoms. The molecule has 19 heavy (non-hydrogen) atoms. The zero-order valence-electron chi connectivity index (χ0n) is 11.0. The van der Waals surface area contributed by atoms with Crippen LogP contribution in [-0.2, 0) is 10.0 Å². The Hall–Kier alpha value is -0.330. The summed E-state index contributed by atoms with van der Waals surface area (Å²) in [6, 6.07) is 1.25. The van der Waals surface area contributed by atoms with Crippen LogP contribution in [-0.4, -0.2) is 26.2 Å². The molecule has 108 valence electrons. The van der Waals surface area contributed by atoms with Crippen LogP contribution >= 0.6 is 23.2 Å². The normalized spacial score (nSPS) is 13.6. The van der Waals surface area contributed by atoms with Crippen LogP contribution in [0.2, 0.25) is 10.0 Å². The highest BCUT2D eigenvalue weighted by atomic mass is 35.5. The molecule has 0 spiro atoms. The quantitative estimate of drug-likeness (QED) is 0.874. The summed E-state index contributed by atoms with van der Waals surface area (Å²) in [5.74, 6) is 0. The molecule has 1 aromatic carbocycles. The van der Waals surface area contributed by atoms with Gasteiger partial charge in [-0.1, -0.05) is 23.2 Å². The lowest BCUT2D eigenvalue weighted by Crippen LogP contribution is -2.34. The van der Waals surface area contributed by atoms with E-state index in [9.17, 15) is 8.42 Å². The van der Waals surface area contributed by atoms with Crippen molar-refractivity contribution in [2.45, 2.75) is 38.1 Å². The Balaban J connectivity index is 3.29.